The normalized spacial score (nSPS) is 18.0. The minimum absolute atomic E-state index is 0.189. The molecule has 0 spiro atoms. The predicted octanol–water partition coefficient (Wildman–Crippen LogP) is 5.35. The fraction of sp³-hybridized carbons (Fsp3) is 0.435. The summed E-state index contributed by atoms with van der Waals surface area (Å²) in [7, 11) is 0. The number of cyclic esters (lactones) is 1. The van der Waals surface area contributed by atoms with Gasteiger partial charge in [-0.3, -0.25) is 9.88 Å². The van der Waals surface area contributed by atoms with Crippen LogP contribution in [-0.2, 0) is 9.47 Å². The summed E-state index contributed by atoms with van der Waals surface area (Å²) in [6, 6.07) is 4.90. The molecule has 0 radical (unpaired) electrons. The van der Waals surface area contributed by atoms with Crippen LogP contribution in [0.3, 0.4) is 0 Å². The number of pyridine rings is 1. The summed E-state index contributed by atoms with van der Waals surface area (Å²) in [6.07, 6.45) is 4.58. The predicted molar refractivity (Wildman–Crippen MR) is 132 cm³/mol. The first-order valence-corrected chi connectivity index (χ1v) is 12.1. The number of hydrogen-bond acceptors (Lipinski definition) is 9. The third-order valence-corrected chi connectivity index (χ3v) is 6.52. The molecule has 1 amide bonds. The van der Waals surface area contributed by atoms with Gasteiger partial charge in [-0.25, -0.2) is 14.8 Å². The molecule has 9 nitrogen and oxygen atoms in total. The first-order valence-electron chi connectivity index (χ1n) is 10.9. The van der Waals surface area contributed by atoms with Crippen LogP contribution in [0.25, 0.3) is 10.4 Å². The van der Waals surface area contributed by atoms with Gasteiger partial charge < -0.3 is 14.8 Å². The average molecular weight is 503 g/mol. The lowest BCUT2D eigenvalue weighted by Gasteiger charge is -2.31. The lowest BCUT2D eigenvalue weighted by molar-refractivity contribution is -0.0618. The molecule has 0 aliphatic carbocycles. The largest absolute Gasteiger partial charge is 0.447 e. The molecule has 11 heteroatoms. The molecule has 3 atom stereocenters. The lowest BCUT2D eigenvalue weighted by atomic mass is 10.1. The van der Waals surface area contributed by atoms with Crippen molar-refractivity contribution in [1.29, 1.82) is 0 Å². The molecule has 3 aromatic heterocycles. The van der Waals surface area contributed by atoms with Gasteiger partial charge >= 0.3 is 6.09 Å². The van der Waals surface area contributed by atoms with E-state index in [1.165, 1.54) is 4.90 Å². The van der Waals surface area contributed by atoms with Gasteiger partial charge in [0.15, 0.2) is 0 Å². The Morgan fingerprint density at radius 3 is 2.79 bits per heavy atom. The maximum atomic E-state index is 12.6. The number of thiazole rings is 1. The molecule has 0 bridgehead atoms. The van der Waals surface area contributed by atoms with Gasteiger partial charge in [-0.1, -0.05) is 17.7 Å². The summed E-state index contributed by atoms with van der Waals surface area (Å²) in [5.41, 5.74) is 0.634. The number of carbonyl (C=O) groups excluding carboxylic acids is 1. The molecule has 0 unspecified atom stereocenters. The van der Waals surface area contributed by atoms with Gasteiger partial charge in [0.25, 0.3) is 0 Å². The van der Waals surface area contributed by atoms with Crippen LogP contribution in [0.1, 0.15) is 45.7 Å². The van der Waals surface area contributed by atoms with E-state index in [1.54, 1.807) is 29.8 Å². The van der Waals surface area contributed by atoms with E-state index >= 15 is 0 Å². The van der Waals surface area contributed by atoms with Crippen molar-refractivity contribution in [2.45, 2.75) is 58.4 Å². The fourth-order valence-electron chi connectivity index (χ4n) is 3.66. The Kier molecular flexibility index (Phi) is 7.01. The van der Waals surface area contributed by atoms with Gasteiger partial charge in [0, 0.05) is 30.2 Å². The lowest BCUT2D eigenvalue weighted by Crippen LogP contribution is -2.45. The number of rotatable bonds is 7. The molecule has 0 aromatic carbocycles. The molecular formula is C23H27ClN6O3S. The summed E-state index contributed by atoms with van der Waals surface area (Å²) in [5, 5.41) is 4.30. The summed E-state index contributed by atoms with van der Waals surface area (Å²) in [5.74, 6) is 0.637. The topological polar surface area (TPSA) is 102 Å². The SMILES string of the molecule is C[C@H](Nc1nc(Cl)cc(N2C(=O)OC[C@@H]2[C@@H](C)OC(C)(C)C)n1)c1ncc(-c2cccnc2)s1. The highest BCUT2D eigenvalue weighted by atomic mass is 35.5. The Labute approximate surface area is 207 Å². The number of nitrogens with zero attached hydrogens (tertiary/aromatic N) is 5. The second-order valence-electron chi connectivity index (χ2n) is 8.99. The first kappa shape index (κ1) is 24.3. The van der Waals surface area contributed by atoms with Gasteiger partial charge in [0.2, 0.25) is 5.95 Å². The summed E-state index contributed by atoms with van der Waals surface area (Å²) in [6.45, 7) is 9.98. The van der Waals surface area contributed by atoms with E-state index in [2.05, 4.69) is 25.3 Å². The fourth-order valence-corrected chi connectivity index (χ4v) is 4.75. The van der Waals surface area contributed by atoms with Crippen LogP contribution in [0.5, 0.6) is 0 Å². The molecule has 1 saturated heterocycles. The third-order valence-electron chi connectivity index (χ3n) is 5.10. The van der Waals surface area contributed by atoms with Crippen LogP contribution in [0.15, 0.2) is 36.8 Å². The quantitative estimate of drug-likeness (QED) is 0.431. The number of ether oxygens (including phenoxy) is 2. The second kappa shape index (κ2) is 9.81. The van der Waals surface area contributed by atoms with Crippen LogP contribution in [-0.4, -0.2) is 50.4 Å². The molecule has 4 heterocycles. The van der Waals surface area contributed by atoms with E-state index in [0.29, 0.717) is 5.82 Å². The van der Waals surface area contributed by atoms with E-state index < -0.39 is 6.09 Å². The highest BCUT2D eigenvalue weighted by molar-refractivity contribution is 7.15. The number of halogens is 1. The number of aromatic nitrogens is 4. The van der Waals surface area contributed by atoms with Crippen molar-refractivity contribution < 1.29 is 14.3 Å². The van der Waals surface area contributed by atoms with Crippen molar-refractivity contribution in [2.75, 3.05) is 16.8 Å². The molecule has 180 valence electrons. The maximum Gasteiger partial charge on any atom is 0.416 e. The van der Waals surface area contributed by atoms with Gasteiger partial charge in [0.1, 0.15) is 28.6 Å². The number of hydrogen-bond donors (Lipinski definition) is 1. The smallest absolute Gasteiger partial charge is 0.416 e. The number of nitrogens with one attached hydrogen (secondary N) is 1. The minimum Gasteiger partial charge on any atom is -0.447 e. The maximum absolute atomic E-state index is 12.6. The zero-order valence-electron chi connectivity index (χ0n) is 19.7. The number of carbonyl (C=O) groups is 1. The molecule has 4 rings (SSSR count). The van der Waals surface area contributed by atoms with Crippen LogP contribution in [0.4, 0.5) is 16.6 Å². The van der Waals surface area contributed by atoms with Gasteiger partial charge in [0.05, 0.1) is 22.6 Å². The minimum atomic E-state index is -0.496. The van der Waals surface area contributed by atoms with Crippen molar-refractivity contribution in [3.8, 4) is 10.4 Å². The molecule has 1 aliphatic heterocycles. The first-order chi connectivity index (χ1) is 16.1. The Bertz CT molecular complexity index is 1150. The Hall–Kier alpha value is -2.82. The summed E-state index contributed by atoms with van der Waals surface area (Å²) >= 11 is 7.86. The van der Waals surface area contributed by atoms with E-state index in [1.807, 2.05) is 52.9 Å². The zero-order valence-corrected chi connectivity index (χ0v) is 21.2. The standard InChI is InChI=1S/C23H27ClN6O3S/c1-13(20-26-11-17(34-20)15-7-6-8-25-10-15)27-21-28-18(24)9-19(29-21)30-16(12-32-22(30)31)14(2)33-23(3,4)5/h6-11,13-14,16H,12H2,1-5H3,(H,27,28,29)/t13-,14+,16+/m0/s1. The Morgan fingerprint density at radius 1 is 1.29 bits per heavy atom. The second-order valence-corrected chi connectivity index (χ2v) is 10.4. The summed E-state index contributed by atoms with van der Waals surface area (Å²) < 4.78 is 11.4. The summed E-state index contributed by atoms with van der Waals surface area (Å²) in [4.78, 5) is 32.6. The van der Waals surface area contributed by atoms with Gasteiger partial charge in [-0.15, -0.1) is 11.3 Å². The van der Waals surface area contributed by atoms with Crippen molar-refractivity contribution in [3.05, 3.63) is 47.0 Å². The highest BCUT2D eigenvalue weighted by Gasteiger charge is 2.40. The molecule has 1 N–H and O–H groups in total. The van der Waals surface area contributed by atoms with E-state index in [9.17, 15) is 4.79 Å². The van der Waals surface area contributed by atoms with Gasteiger partial charge in [-0.2, -0.15) is 4.98 Å². The zero-order chi connectivity index (χ0) is 24.5. The van der Waals surface area contributed by atoms with Crippen molar-refractivity contribution in [1.82, 2.24) is 19.9 Å². The van der Waals surface area contributed by atoms with Crippen molar-refractivity contribution in [2.24, 2.45) is 0 Å². The Morgan fingerprint density at radius 2 is 2.09 bits per heavy atom. The van der Waals surface area contributed by atoms with Crippen LogP contribution in [0, 0.1) is 0 Å². The number of anilines is 2. The monoisotopic (exact) mass is 502 g/mol. The third kappa shape index (κ3) is 5.63. The van der Waals surface area contributed by atoms with Gasteiger partial charge in [-0.05, 0) is 40.7 Å². The average Bonchev–Trinajstić information content (AvgIpc) is 3.40. The molecule has 1 aliphatic rings. The van der Waals surface area contributed by atoms with E-state index in [-0.39, 0.29) is 41.5 Å². The van der Waals surface area contributed by atoms with E-state index in [0.717, 1.165) is 15.4 Å². The highest BCUT2D eigenvalue weighted by Crippen LogP contribution is 2.32. The van der Waals surface area contributed by atoms with Crippen molar-refractivity contribution >= 4 is 40.8 Å². The van der Waals surface area contributed by atoms with Crippen LogP contribution < -0.4 is 10.2 Å². The molecule has 34 heavy (non-hydrogen) atoms. The molecule has 1 fully saturated rings. The van der Waals surface area contributed by atoms with Crippen LogP contribution in [0.2, 0.25) is 5.15 Å². The van der Waals surface area contributed by atoms with E-state index in [4.69, 9.17) is 21.1 Å². The molecular weight excluding hydrogens is 476 g/mol. The molecule has 3 aromatic rings. The van der Waals surface area contributed by atoms with Crippen LogP contribution >= 0.6 is 22.9 Å². The number of amides is 1. The van der Waals surface area contributed by atoms with Crippen molar-refractivity contribution in [3.63, 3.8) is 0 Å². The molecule has 0 saturated carbocycles. The Balaban J connectivity index is 1.54.